The van der Waals surface area contributed by atoms with Gasteiger partial charge in [0.2, 0.25) is 0 Å². The molecule has 5 nitrogen and oxygen atoms in total. The van der Waals surface area contributed by atoms with Crippen molar-refractivity contribution in [2.75, 3.05) is 11.4 Å². The molecule has 1 aromatic carbocycles. The third-order valence-corrected chi connectivity index (χ3v) is 4.97. The summed E-state index contributed by atoms with van der Waals surface area (Å²) < 4.78 is 65.3. The van der Waals surface area contributed by atoms with Gasteiger partial charge in [-0.2, -0.15) is 4.98 Å². The predicted molar refractivity (Wildman–Crippen MR) is 108 cm³/mol. The normalized spacial score (nSPS) is 16.4. The smallest absolute Gasteiger partial charge is 0.320 e. The Morgan fingerprint density at radius 1 is 1.37 bits per heavy atom. The van der Waals surface area contributed by atoms with Crippen molar-refractivity contribution in [1.82, 2.24) is 14.5 Å². The Kier molecular flexibility index (Phi) is 4.11. The van der Waals surface area contributed by atoms with Crippen LogP contribution in [0.25, 0.3) is 10.9 Å². The van der Waals surface area contributed by atoms with E-state index in [1.807, 2.05) is 6.92 Å². The summed E-state index contributed by atoms with van der Waals surface area (Å²) in [4.78, 5) is 21.5. The SMILES string of the molecule is [2H]C([2H])([2H])n1c(=O)nc(N(CC(F)F)c2ccnc(C#CC3(C)CC3)c2)c2c(F)cccc21. The van der Waals surface area contributed by atoms with E-state index in [-0.39, 0.29) is 22.0 Å². The van der Waals surface area contributed by atoms with Crippen LogP contribution in [0.3, 0.4) is 0 Å². The minimum Gasteiger partial charge on any atom is -0.320 e. The molecule has 2 heterocycles. The van der Waals surface area contributed by atoms with Crippen LogP contribution in [0, 0.1) is 23.1 Å². The summed E-state index contributed by atoms with van der Waals surface area (Å²) in [6.07, 6.45) is 0.430. The maximum atomic E-state index is 14.9. The molecule has 0 N–H and O–H groups in total. The molecule has 0 atom stereocenters. The van der Waals surface area contributed by atoms with E-state index >= 15 is 0 Å². The van der Waals surface area contributed by atoms with Gasteiger partial charge in [-0.15, -0.1) is 0 Å². The van der Waals surface area contributed by atoms with Crippen LogP contribution in [-0.4, -0.2) is 27.5 Å². The number of hydrogen-bond acceptors (Lipinski definition) is 4. The number of aromatic nitrogens is 3. The first-order valence-corrected chi connectivity index (χ1v) is 9.25. The van der Waals surface area contributed by atoms with Crippen molar-refractivity contribution in [2.45, 2.75) is 26.2 Å². The van der Waals surface area contributed by atoms with Crippen molar-refractivity contribution in [3.63, 3.8) is 0 Å². The zero-order chi connectivity index (χ0) is 24.0. The number of anilines is 2. The molecule has 2 aromatic heterocycles. The zero-order valence-corrected chi connectivity index (χ0v) is 16.0. The highest BCUT2D eigenvalue weighted by Crippen LogP contribution is 2.44. The number of rotatable bonds is 4. The van der Waals surface area contributed by atoms with Gasteiger partial charge in [-0.05, 0) is 50.0 Å². The molecule has 1 aliphatic carbocycles. The fourth-order valence-corrected chi connectivity index (χ4v) is 3.05. The Morgan fingerprint density at radius 2 is 2.17 bits per heavy atom. The number of aryl methyl sites for hydroxylation is 1. The average Bonchev–Trinajstić information content (AvgIpc) is 3.46. The lowest BCUT2D eigenvalue weighted by Gasteiger charge is -2.25. The molecule has 0 spiro atoms. The van der Waals surface area contributed by atoms with Gasteiger partial charge in [0.1, 0.15) is 11.5 Å². The summed E-state index contributed by atoms with van der Waals surface area (Å²) in [5.41, 5.74) is -1.08. The van der Waals surface area contributed by atoms with E-state index in [0.717, 1.165) is 23.8 Å². The maximum Gasteiger partial charge on any atom is 0.349 e. The molecule has 154 valence electrons. The van der Waals surface area contributed by atoms with E-state index in [0.29, 0.717) is 10.3 Å². The predicted octanol–water partition coefficient (Wildman–Crippen LogP) is 4.02. The number of hydrogen-bond donors (Lipinski definition) is 0. The number of fused-ring (bicyclic) bond motifs is 1. The van der Waals surface area contributed by atoms with Crippen LogP contribution in [-0.2, 0) is 6.98 Å². The van der Waals surface area contributed by atoms with Gasteiger partial charge in [0, 0.05) is 28.4 Å². The van der Waals surface area contributed by atoms with Crippen LogP contribution in [0.15, 0.2) is 41.3 Å². The van der Waals surface area contributed by atoms with Gasteiger partial charge < -0.3 is 4.90 Å². The van der Waals surface area contributed by atoms with Gasteiger partial charge in [-0.25, -0.2) is 22.9 Å². The van der Waals surface area contributed by atoms with Gasteiger partial charge in [0.15, 0.2) is 5.82 Å². The van der Waals surface area contributed by atoms with E-state index < -0.39 is 37.3 Å². The molecule has 1 fully saturated rings. The molecule has 4 rings (SSSR count). The number of halogens is 3. The summed E-state index contributed by atoms with van der Waals surface area (Å²) in [5.74, 6) is 4.71. The summed E-state index contributed by atoms with van der Waals surface area (Å²) in [6.45, 7) is -1.85. The van der Waals surface area contributed by atoms with Crippen LogP contribution >= 0.6 is 0 Å². The Bertz CT molecular complexity index is 1340. The lowest BCUT2D eigenvalue weighted by molar-refractivity contribution is 0.157. The Morgan fingerprint density at radius 3 is 2.87 bits per heavy atom. The number of pyridine rings is 1. The van der Waals surface area contributed by atoms with Gasteiger partial charge >= 0.3 is 5.69 Å². The molecular weight excluding hydrogens is 393 g/mol. The van der Waals surface area contributed by atoms with E-state index in [4.69, 9.17) is 4.11 Å². The zero-order valence-electron chi connectivity index (χ0n) is 19.0. The molecule has 0 amide bonds. The second-order valence-corrected chi connectivity index (χ2v) is 7.40. The third-order valence-electron chi connectivity index (χ3n) is 4.97. The van der Waals surface area contributed by atoms with Gasteiger partial charge in [-0.1, -0.05) is 12.0 Å². The first-order valence-electron chi connectivity index (χ1n) is 10.8. The van der Waals surface area contributed by atoms with Gasteiger partial charge in [0.05, 0.1) is 17.4 Å². The lowest BCUT2D eigenvalue weighted by atomic mass is 10.1. The fraction of sp³-hybridized carbons (Fsp3) is 0.318. The van der Waals surface area contributed by atoms with Crippen molar-refractivity contribution in [2.24, 2.45) is 12.4 Å². The first-order chi connectivity index (χ1) is 15.5. The van der Waals surface area contributed by atoms with Crippen molar-refractivity contribution in [3.05, 3.63) is 58.5 Å². The molecular formula is C22H19F3N4O. The van der Waals surface area contributed by atoms with Crippen molar-refractivity contribution in [1.29, 1.82) is 0 Å². The quantitative estimate of drug-likeness (QED) is 0.604. The largest absolute Gasteiger partial charge is 0.349 e. The fourth-order valence-electron chi connectivity index (χ4n) is 3.05. The van der Waals surface area contributed by atoms with Gasteiger partial charge in [0.25, 0.3) is 6.43 Å². The molecule has 8 heteroatoms. The molecule has 0 bridgehead atoms. The Balaban J connectivity index is 1.93. The minimum absolute atomic E-state index is 0.0823. The van der Waals surface area contributed by atoms with E-state index in [1.165, 1.54) is 30.5 Å². The standard InChI is InChI=1S/C22H19F3N4O/c1-22(9-10-22)8-6-14-12-15(7-11-26-14)29(13-18(24)25)20-19-16(23)4-3-5-17(19)28(2)21(30)27-20/h3-5,7,11-12,18H,9-10,13H2,1-2H3/i2D3. The summed E-state index contributed by atoms with van der Waals surface area (Å²) in [5, 5.41) is -0.358. The monoisotopic (exact) mass is 415 g/mol. The van der Waals surface area contributed by atoms with Crippen LogP contribution in [0.1, 0.15) is 29.6 Å². The van der Waals surface area contributed by atoms with Crippen LogP contribution < -0.4 is 10.6 Å². The maximum absolute atomic E-state index is 14.9. The average molecular weight is 415 g/mol. The molecule has 0 aliphatic heterocycles. The highest BCUT2D eigenvalue weighted by atomic mass is 19.3. The van der Waals surface area contributed by atoms with Crippen molar-refractivity contribution in [3.8, 4) is 11.8 Å². The second kappa shape index (κ2) is 7.48. The molecule has 1 saturated carbocycles. The highest BCUT2D eigenvalue weighted by Gasteiger charge is 2.35. The van der Waals surface area contributed by atoms with Crippen LogP contribution in [0.5, 0.6) is 0 Å². The Hall–Kier alpha value is -3.34. The van der Waals surface area contributed by atoms with Crippen molar-refractivity contribution >= 4 is 22.4 Å². The number of nitrogens with zero attached hydrogens (tertiary/aromatic N) is 4. The molecule has 0 saturated heterocycles. The molecule has 1 aliphatic rings. The topological polar surface area (TPSA) is 51.0 Å². The van der Waals surface area contributed by atoms with E-state index in [1.54, 1.807) is 0 Å². The minimum atomic E-state index is -2.94. The molecule has 0 radical (unpaired) electrons. The Labute approximate surface area is 175 Å². The van der Waals surface area contributed by atoms with Crippen LogP contribution in [0.4, 0.5) is 24.7 Å². The van der Waals surface area contributed by atoms with E-state index in [9.17, 15) is 18.0 Å². The number of alkyl halides is 2. The van der Waals surface area contributed by atoms with Gasteiger partial charge in [-0.3, -0.25) is 4.57 Å². The first kappa shape index (κ1) is 16.5. The summed E-state index contributed by atoms with van der Waals surface area (Å²) >= 11 is 0. The molecule has 30 heavy (non-hydrogen) atoms. The number of benzene rings is 1. The van der Waals surface area contributed by atoms with E-state index in [2.05, 4.69) is 21.8 Å². The highest BCUT2D eigenvalue weighted by molar-refractivity contribution is 5.92. The summed E-state index contributed by atoms with van der Waals surface area (Å²) in [6, 6.07) is 6.37. The van der Waals surface area contributed by atoms with Crippen LogP contribution in [0.2, 0.25) is 0 Å². The second-order valence-electron chi connectivity index (χ2n) is 7.40. The van der Waals surface area contributed by atoms with Crippen molar-refractivity contribution < 1.29 is 17.3 Å². The molecule has 3 aromatic rings. The third kappa shape index (κ3) is 3.88. The lowest BCUT2D eigenvalue weighted by Crippen LogP contribution is -2.30. The molecule has 0 unspecified atom stereocenters. The summed E-state index contributed by atoms with van der Waals surface area (Å²) in [7, 11) is 0.